The number of hydrogen-bond acceptors (Lipinski definition) is 6. The molecule has 2 aromatic rings. The number of likely N-dealkylation sites (tertiary alicyclic amines) is 1. The fourth-order valence-corrected chi connectivity index (χ4v) is 6.58. The lowest BCUT2D eigenvalue weighted by Gasteiger charge is -2.31. The number of sulfonamides is 1. The predicted octanol–water partition coefficient (Wildman–Crippen LogP) is 3.41. The average molecular weight is 486 g/mol. The molecule has 2 aromatic carbocycles. The van der Waals surface area contributed by atoms with Crippen LogP contribution in [0.2, 0.25) is 0 Å². The second-order valence-corrected chi connectivity index (χ2v) is 11.0. The minimum absolute atomic E-state index is 0.111. The Morgan fingerprint density at radius 1 is 0.971 bits per heavy atom. The minimum atomic E-state index is -3.46. The number of fused-ring (bicyclic) bond motifs is 1. The van der Waals surface area contributed by atoms with Crippen molar-refractivity contribution in [1.29, 1.82) is 0 Å². The summed E-state index contributed by atoms with van der Waals surface area (Å²) in [6.45, 7) is 4.99. The summed E-state index contributed by atoms with van der Waals surface area (Å²) in [6, 6.07) is 12.3. The molecule has 0 radical (unpaired) electrons. The summed E-state index contributed by atoms with van der Waals surface area (Å²) in [5, 5.41) is 2.96. The quantitative estimate of drug-likeness (QED) is 0.675. The minimum Gasteiger partial charge on any atom is -0.486 e. The fourth-order valence-electron chi connectivity index (χ4n) is 5.06. The maximum absolute atomic E-state index is 13.1. The van der Waals surface area contributed by atoms with Crippen LogP contribution in [0.25, 0.3) is 0 Å². The number of rotatable bonds is 6. The molecular formula is C25H31N3O5S. The highest BCUT2D eigenvalue weighted by Gasteiger charge is 2.34. The average Bonchev–Trinajstić information content (AvgIpc) is 3.56. The Morgan fingerprint density at radius 3 is 2.41 bits per heavy atom. The Kier molecular flexibility index (Phi) is 6.50. The Labute approximate surface area is 200 Å². The number of benzene rings is 2. The number of anilines is 1. The zero-order chi connectivity index (χ0) is 23.7. The van der Waals surface area contributed by atoms with Gasteiger partial charge in [-0.1, -0.05) is 6.07 Å². The molecule has 182 valence electrons. The predicted molar refractivity (Wildman–Crippen MR) is 129 cm³/mol. The van der Waals surface area contributed by atoms with Gasteiger partial charge in [-0.2, -0.15) is 4.31 Å². The van der Waals surface area contributed by atoms with Crippen molar-refractivity contribution in [3.05, 3.63) is 48.0 Å². The van der Waals surface area contributed by atoms with Crippen LogP contribution in [0.15, 0.2) is 47.4 Å². The molecule has 2 atom stereocenters. The van der Waals surface area contributed by atoms with E-state index in [9.17, 15) is 13.2 Å². The molecule has 0 saturated carbocycles. The van der Waals surface area contributed by atoms with Crippen molar-refractivity contribution >= 4 is 21.6 Å². The summed E-state index contributed by atoms with van der Waals surface area (Å²) in [6.07, 6.45) is 3.78. The van der Waals surface area contributed by atoms with Crippen molar-refractivity contribution in [1.82, 2.24) is 9.21 Å². The maximum atomic E-state index is 13.1. The van der Waals surface area contributed by atoms with Crippen LogP contribution in [0.3, 0.4) is 0 Å². The van der Waals surface area contributed by atoms with E-state index in [1.807, 2.05) is 19.1 Å². The summed E-state index contributed by atoms with van der Waals surface area (Å²) < 4.78 is 38.4. The summed E-state index contributed by atoms with van der Waals surface area (Å²) in [5.41, 5.74) is 1.71. The molecule has 0 aromatic heterocycles. The van der Waals surface area contributed by atoms with Gasteiger partial charge in [0.25, 0.3) is 0 Å². The smallest absolute Gasteiger partial charge is 0.243 e. The number of carbonyl (C=O) groups excluding carboxylic acids is 1. The first-order valence-corrected chi connectivity index (χ1v) is 13.4. The van der Waals surface area contributed by atoms with Gasteiger partial charge < -0.3 is 14.8 Å². The molecule has 2 fully saturated rings. The number of nitrogens with one attached hydrogen (secondary N) is 1. The van der Waals surface area contributed by atoms with Crippen LogP contribution in [-0.4, -0.2) is 62.4 Å². The van der Waals surface area contributed by atoms with Gasteiger partial charge in [0.1, 0.15) is 13.2 Å². The molecule has 2 saturated heterocycles. The molecule has 5 rings (SSSR count). The van der Waals surface area contributed by atoms with E-state index in [-0.39, 0.29) is 22.9 Å². The third-order valence-corrected chi connectivity index (χ3v) is 8.86. The van der Waals surface area contributed by atoms with Crippen LogP contribution < -0.4 is 14.8 Å². The molecular weight excluding hydrogens is 454 g/mol. The van der Waals surface area contributed by atoms with Crippen molar-refractivity contribution in [3.8, 4) is 11.5 Å². The van der Waals surface area contributed by atoms with Crippen molar-refractivity contribution in [2.24, 2.45) is 0 Å². The van der Waals surface area contributed by atoms with Gasteiger partial charge in [-0.3, -0.25) is 9.69 Å². The highest BCUT2D eigenvalue weighted by molar-refractivity contribution is 7.89. The van der Waals surface area contributed by atoms with E-state index in [2.05, 4.69) is 16.3 Å². The second kappa shape index (κ2) is 9.56. The van der Waals surface area contributed by atoms with Crippen molar-refractivity contribution in [2.75, 3.05) is 38.2 Å². The van der Waals surface area contributed by atoms with E-state index in [0.29, 0.717) is 32.0 Å². The van der Waals surface area contributed by atoms with E-state index in [1.165, 1.54) is 4.31 Å². The molecule has 0 bridgehead atoms. The number of carbonyl (C=O) groups is 1. The van der Waals surface area contributed by atoms with Gasteiger partial charge in [-0.05, 0) is 81.1 Å². The number of hydrogen-bond donors (Lipinski definition) is 1. The van der Waals surface area contributed by atoms with Crippen LogP contribution >= 0.6 is 0 Å². The van der Waals surface area contributed by atoms with Crippen LogP contribution in [0.4, 0.5) is 5.69 Å². The lowest BCUT2D eigenvalue weighted by molar-refractivity contribution is -0.121. The largest absolute Gasteiger partial charge is 0.486 e. The van der Waals surface area contributed by atoms with E-state index >= 15 is 0 Å². The third-order valence-electron chi connectivity index (χ3n) is 6.95. The summed E-state index contributed by atoms with van der Waals surface area (Å²) in [5.74, 6) is 1.41. The molecule has 3 aliphatic rings. The van der Waals surface area contributed by atoms with Gasteiger partial charge in [0.05, 0.1) is 10.9 Å². The van der Waals surface area contributed by atoms with Crippen LogP contribution in [-0.2, 0) is 14.8 Å². The van der Waals surface area contributed by atoms with Gasteiger partial charge in [-0.15, -0.1) is 0 Å². The monoisotopic (exact) mass is 485 g/mol. The van der Waals surface area contributed by atoms with E-state index in [0.717, 1.165) is 49.3 Å². The Hall–Kier alpha value is -2.62. The van der Waals surface area contributed by atoms with Gasteiger partial charge in [-0.25, -0.2) is 8.42 Å². The highest BCUT2D eigenvalue weighted by Crippen LogP contribution is 2.39. The highest BCUT2D eigenvalue weighted by atomic mass is 32.2. The summed E-state index contributed by atoms with van der Waals surface area (Å²) >= 11 is 0. The molecule has 0 spiro atoms. The van der Waals surface area contributed by atoms with Crippen molar-refractivity contribution in [2.45, 2.75) is 49.6 Å². The maximum Gasteiger partial charge on any atom is 0.243 e. The van der Waals surface area contributed by atoms with Crippen molar-refractivity contribution in [3.63, 3.8) is 0 Å². The first-order valence-electron chi connectivity index (χ1n) is 12.0. The van der Waals surface area contributed by atoms with Gasteiger partial charge in [0.2, 0.25) is 15.9 Å². The Morgan fingerprint density at radius 2 is 1.68 bits per heavy atom. The van der Waals surface area contributed by atoms with Crippen LogP contribution in [0.1, 0.15) is 44.2 Å². The Bertz CT molecular complexity index is 1150. The van der Waals surface area contributed by atoms with Crippen LogP contribution in [0, 0.1) is 0 Å². The molecule has 0 unspecified atom stereocenters. The zero-order valence-corrected chi connectivity index (χ0v) is 20.2. The topological polar surface area (TPSA) is 88.2 Å². The normalized spacial score (nSPS) is 22.0. The molecule has 3 aliphatic heterocycles. The van der Waals surface area contributed by atoms with Gasteiger partial charge in [0.15, 0.2) is 11.5 Å². The molecule has 1 N–H and O–H groups in total. The van der Waals surface area contributed by atoms with E-state index in [4.69, 9.17) is 9.47 Å². The lowest BCUT2D eigenvalue weighted by atomic mass is 10.0. The SMILES string of the molecule is C[C@@H](C(=O)Nc1ccc(S(=O)(=O)N2CCCC2)cc1)N1CCC[C@H]1c1ccc2c(c1)OCCO2. The van der Waals surface area contributed by atoms with Crippen molar-refractivity contribution < 1.29 is 22.7 Å². The molecule has 1 amide bonds. The fraction of sp³-hybridized carbons (Fsp3) is 0.480. The zero-order valence-electron chi connectivity index (χ0n) is 19.4. The summed E-state index contributed by atoms with van der Waals surface area (Å²) in [7, 11) is -3.46. The Balaban J connectivity index is 1.25. The standard InChI is InChI=1S/C25H31N3O5S/c1-18(28-14-4-5-22(28)19-6-11-23-24(17-19)33-16-15-32-23)25(29)26-20-7-9-21(10-8-20)34(30,31)27-12-2-3-13-27/h6-11,17-18,22H,2-5,12-16H2,1H3,(H,26,29)/t18-,22-/m0/s1. The molecule has 0 aliphatic carbocycles. The molecule has 8 nitrogen and oxygen atoms in total. The van der Waals surface area contributed by atoms with Crippen LogP contribution in [0.5, 0.6) is 11.5 Å². The molecule has 9 heteroatoms. The van der Waals surface area contributed by atoms with E-state index < -0.39 is 10.0 Å². The lowest BCUT2D eigenvalue weighted by Crippen LogP contribution is -2.41. The number of nitrogens with zero attached hydrogens (tertiary/aromatic N) is 2. The number of ether oxygens (including phenoxy) is 2. The third kappa shape index (κ3) is 4.52. The van der Waals surface area contributed by atoms with Gasteiger partial charge in [0, 0.05) is 24.8 Å². The molecule has 34 heavy (non-hydrogen) atoms. The van der Waals surface area contributed by atoms with E-state index in [1.54, 1.807) is 24.3 Å². The molecule has 3 heterocycles. The summed E-state index contributed by atoms with van der Waals surface area (Å²) in [4.78, 5) is 15.6. The first kappa shape index (κ1) is 23.1. The van der Waals surface area contributed by atoms with Gasteiger partial charge >= 0.3 is 0 Å². The number of amides is 1. The first-order chi connectivity index (χ1) is 16.4. The second-order valence-electron chi connectivity index (χ2n) is 9.10.